The highest BCUT2D eigenvalue weighted by Gasteiger charge is 2.18. The summed E-state index contributed by atoms with van der Waals surface area (Å²) < 4.78 is 2.65. The van der Waals surface area contributed by atoms with Gasteiger partial charge in [0.25, 0.3) is 0 Å². The molecule has 1 nitrogen and oxygen atoms in total. The number of rotatable bonds is 5. The van der Waals surface area contributed by atoms with E-state index in [-0.39, 0.29) is 0 Å². The Labute approximate surface area is 272 Å². The minimum atomic E-state index is 1.12. The molecule has 0 atom stereocenters. The Morgan fingerprint density at radius 2 is 1.02 bits per heavy atom. The first-order chi connectivity index (χ1) is 22.8. The van der Waals surface area contributed by atoms with E-state index in [1.807, 2.05) is 11.3 Å². The molecule has 0 aliphatic rings. The molecule has 2 heteroatoms. The molecular weight excluding hydrogens is 575 g/mol. The lowest BCUT2D eigenvalue weighted by atomic mass is 9.97. The van der Waals surface area contributed by atoms with E-state index in [1.165, 1.54) is 64.0 Å². The average molecular weight is 604 g/mol. The number of fused-ring (bicyclic) bond motifs is 5. The molecule has 0 aliphatic heterocycles. The van der Waals surface area contributed by atoms with Crippen LogP contribution in [0.15, 0.2) is 176 Å². The molecule has 0 unspecified atom stereocenters. The van der Waals surface area contributed by atoms with E-state index in [4.69, 9.17) is 0 Å². The third-order valence-corrected chi connectivity index (χ3v) is 10.2. The van der Waals surface area contributed by atoms with Crippen LogP contribution in [-0.4, -0.2) is 0 Å². The van der Waals surface area contributed by atoms with E-state index < -0.39 is 0 Å². The second kappa shape index (κ2) is 11.0. The molecule has 0 radical (unpaired) electrons. The Morgan fingerprint density at radius 3 is 1.91 bits per heavy atom. The number of hydrogen-bond donors (Lipinski definition) is 0. The van der Waals surface area contributed by atoms with Crippen LogP contribution >= 0.6 is 11.3 Å². The summed E-state index contributed by atoms with van der Waals surface area (Å²) in [5.74, 6) is 0. The van der Waals surface area contributed by atoms with Crippen molar-refractivity contribution in [2.24, 2.45) is 0 Å². The molecule has 0 N–H and O–H groups in total. The largest absolute Gasteiger partial charge is 0.310 e. The van der Waals surface area contributed by atoms with Gasteiger partial charge in [0.1, 0.15) is 0 Å². The number of thiophene rings is 1. The smallest absolute Gasteiger partial charge is 0.0540 e. The van der Waals surface area contributed by atoms with Gasteiger partial charge in [-0.3, -0.25) is 0 Å². The molecule has 0 amide bonds. The molecule has 8 aromatic carbocycles. The molecule has 0 spiro atoms. The van der Waals surface area contributed by atoms with Crippen molar-refractivity contribution < 1.29 is 0 Å². The molecular formula is C44H29NS. The number of benzene rings is 8. The zero-order valence-corrected chi connectivity index (χ0v) is 25.9. The highest BCUT2D eigenvalue weighted by Crippen LogP contribution is 2.43. The SMILES string of the molecule is c1ccc(-c2ccccc2N(c2ccc(-c3cccc4ccccc34)cc2)c2ccc3cc4c(cc3c2)sc2ccccc24)cc1. The predicted octanol–water partition coefficient (Wildman–Crippen LogP) is 13.2. The van der Waals surface area contributed by atoms with Crippen molar-refractivity contribution in [2.75, 3.05) is 4.90 Å². The van der Waals surface area contributed by atoms with Crippen LogP contribution in [0, 0.1) is 0 Å². The van der Waals surface area contributed by atoms with E-state index in [1.54, 1.807) is 0 Å². The highest BCUT2D eigenvalue weighted by atomic mass is 32.1. The number of para-hydroxylation sites is 1. The van der Waals surface area contributed by atoms with Crippen molar-refractivity contribution in [1.82, 2.24) is 0 Å². The molecule has 0 bridgehead atoms. The number of nitrogens with zero attached hydrogens (tertiary/aromatic N) is 1. The summed E-state index contributed by atoms with van der Waals surface area (Å²) in [4.78, 5) is 2.41. The van der Waals surface area contributed by atoms with Gasteiger partial charge in [0.15, 0.2) is 0 Å². The Morgan fingerprint density at radius 1 is 0.348 bits per heavy atom. The lowest BCUT2D eigenvalue weighted by molar-refractivity contribution is 1.29. The van der Waals surface area contributed by atoms with Gasteiger partial charge in [-0.25, -0.2) is 0 Å². The van der Waals surface area contributed by atoms with Crippen LogP contribution in [0.4, 0.5) is 17.1 Å². The zero-order chi connectivity index (χ0) is 30.5. The summed E-state index contributed by atoms with van der Waals surface area (Å²) in [6, 6.07) is 64.0. The molecule has 0 saturated carbocycles. The van der Waals surface area contributed by atoms with Crippen molar-refractivity contribution in [3.63, 3.8) is 0 Å². The molecule has 0 fully saturated rings. The van der Waals surface area contributed by atoms with Crippen LogP contribution in [0.2, 0.25) is 0 Å². The summed E-state index contributed by atoms with van der Waals surface area (Å²) in [5.41, 5.74) is 8.25. The second-order valence-electron chi connectivity index (χ2n) is 11.8. The van der Waals surface area contributed by atoms with Crippen molar-refractivity contribution in [3.8, 4) is 22.3 Å². The quantitative estimate of drug-likeness (QED) is 0.189. The van der Waals surface area contributed by atoms with Crippen molar-refractivity contribution in [2.45, 2.75) is 0 Å². The van der Waals surface area contributed by atoms with Crippen LogP contribution in [-0.2, 0) is 0 Å². The van der Waals surface area contributed by atoms with Crippen molar-refractivity contribution >= 4 is 70.1 Å². The first-order valence-electron chi connectivity index (χ1n) is 15.7. The van der Waals surface area contributed by atoms with Gasteiger partial charge in [-0.2, -0.15) is 0 Å². The molecule has 9 aromatic rings. The number of hydrogen-bond acceptors (Lipinski definition) is 2. The molecule has 1 heterocycles. The molecule has 0 saturated heterocycles. The van der Waals surface area contributed by atoms with Gasteiger partial charge >= 0.3 is 0 Å². The second-order valence-corrected chi connectivity index (χ2v) is 12.9. The first kappa shape index (κ1) is 26.7. The van der Waals surface area contributed by atoms with Gasteiger partial charge in [-0.1, -0.05) is 127 Å². The maximum atomic E-state index is 2.41. The molecule has 9 rings (SSSR count). The van der Waals surface area contributed by atoms with Crippen LogP contribution in [0.5, 0.6) is 0 Å². The minimum absolute atomic E-state index is 1.12. The van der Waals surface area contributed by atoms with Gasteiger partial charge in [0, 0.05) is 37.1 Å². The van der Waals surface area contributed by atoms with Gasteiger partial charge in [-0.15, -0.1) is 11.3 Å². The van der Waals surface area contributed by atoms with Gasteiger partial charge in [-0.05, 0) is 86.8 Å². The van der Waals surface area contributed by atoms with E-state index in [0.717, 1.165) is 17.1 Å². The fraction of sp³-hybridized carbons (Fsp3) is 0. The van der Waals surface area contributed by atoms with Gasteiger partial charge < -0.3 is 4.90 Å². The van der Waals surface area contributed by atoms with Crippen molar-refractivity contribution in [3.05, 3.63) is 176 Å². The Hall–Kier alpha value is -5.70. The standard InChI is InChI=1S/C44H29NS/c1-2-11-31(12-3-1)39-16-6-8-19-42(39)45(35-24-21-32(22-25-35)38-18-10-14-30-13-4-5-15-37(30)38)36-26-23-33-28-41-40-17-7-9-20-43(40)46-44(41)29-34(33)27-36/h1-29H. The normalized spacial score (nSPS) is 11.5. The molecule has 0 aliphatic carbocycles. The third-order valence-electron chi connectivity index (χ3n) is 9.03. The van der Waals surface area contributed by atoms with Crippen LogP contribution < -0.4 is 4.90 Å². The third kappa shape index (κ3) is 4.54. The Balaban J connectivity index is 1.22. The lowest BCUT2D eigenvalue weighted by Crippen LogP contribution is -2.11. The topological polar surface area (TPSA) is 3.24 Å². The fourth-order valence-electron chi connectivity index (χ4n) is 6.82. The highest BCUT2D eigenvalue weighted by molar-refractivity contribution is 7.25. The molecule has 46 heavy (non-hydrogen) atoms. The summed E-state index contributed by atoms with van der Waals surface area (Å²) in [7, 11) is 0. The average Bonchev–Trinajstić information content (AvgIpc) is 3.49. The Kier molecular flexibility index (Phi) is 6.40. The maximum absolute atomic E-state index is 2.41. The predicted molar refractivity (Wildman–Crippen MR) is 200 cm³/mol. The minimum Gasteiger partial charge on any atom is -0.310 e. The van der Waals surface area contributed by atoms with E-state index >= 15 is 0 Å². The summed E-state index contributed by atoms with van der Waals surface area (Å²) in [6.07, 6.45) is 0. The van der Waals surface area contributed by atoms with E-state index in [0.29, 0.717) is 0 Å². The monoisotopic (exact) mass is 603 g/mol. The van der Waals surface area contributed by atoms with Gasteiger partial charge in [0.05, 0.1) is 5.69 Å². The van der Waals surface area contributed by atoms with E-state index in [9.17, 15) is 0 Å². The van der Waals surface area contributed by atoms with Crippen LogP contribution in [0.25, 0.3) is 64.0 Å². The van der Waals surface area contributed by atoms with Crippen LogP contribution in [0.3, 0.4) is 0 Å². The summed E-state index contributed by atoms with van der Waals surface area (Å²) in [6.45, 7) is 0. The first-order valence-corrected chi connectivity index (χ1v) is 16.5. The van der Waals surface area contributed by atoms with Crippen LogP contribution in [0.1, 0.15) is 0 Å². The number of anilines is 3. The summed E-state index contributed by atoms with van der Waals surface area (Å²) in [5, 5.41) is 7.68. The molecule has 1 aromatic heterocycles. The zero-order valence-electron chi connectivity index (χ0n) is 25.1. The van der Waals surface area contributed by atoms with Gasteiger partial charge in [0.2, 0.25) is 0 Å². The maximum Gasteiger partial charge on any atom is 0.0540 e. The van der Waals surface area contributed by atoms with E-state index in [2.05, 4.69) is 181 Å². The lowest BCUT2D eigenvalue weighted by Gasteiger charge is -2.28. The molecule has 216 valence electrons. The summed E-state index contributed by atoms with van der Waals surface area (Å²) >= 11 is 1.87. The Bertz CT molecular complexity index is 2520. The van der Waals surface area contributed by atoms with Crippen molar-refractivity contribution in [1.29, 1.82) is 0 Å². The fourth-order valence-corrected chi connectivity index (χ4v) is 7.96.